The third-order valence-electron chi connectivity index (χ3n) is 6.56. The number of fused-ring (bicyclic) bond motifs is 2. The average Bonchev–Trinajstić information content (AvgIpc) is 3.75. The average molecular weight is 557 g/mol. The van der Waals surface area contributed by atoms with E-state index in [4.69, 9.17) is 9.97 Å². The van der Waals surface area contributed by atoms with E-state index < -0.39 is 0 Å². The van der Waals surface area contributed by atoms with Crippen LogP contribution >= 0.6 is 11.3 Å². The Morgan fingerprint density at radius 3 is 2.63 bits per heavy atom. The number of anilines is 1. The molecule has 10 nitrogen and oxygen atoms in total. The van der Waals surface area contributed by atoms with Gasteiger partial charge in [0.25, 0.3) is 5.91 Å². The molecule has 0 atom stereocenters. The van der Waals surface area contributed by atoms with Crippen molar-refractivity contribution >= 4 is 50.9 Å². The van der Waals surface area contributed by atoms with Gasteiger partial charge in [-0.1, -0.05) is 18.2 Å². The maximum atomic E-state index is 12.6. The summed E-state index contributed by atoms with van der Waals surface area (Å²) >= 11 is 1.42. The van der Waals surface area contributed by atoms with Crippen molar-refractivity contribution in [1.82, 2.24) is 35.1 Å². The van der Waals surface area contributed by atoms with Crippen LogP contribution in [0.1, 0.15) is 27.0 Å². The molecule has 0 aliphatic carbocycles. The molecule has 41 heavy (non-hydrogen) atoms. The highest BCUT2D eigenvalue weighted by Gasteiger charge is 2.18. The van der Waals surface area contributed by atoms with E-state index in [-0.39, 0.29) is 11.7 Å². The van der Waals surface area contributed by atoms with Gasteiger partial charge in [0.15, 0.2) is 22.9 Å². The quantitative estimate of drug-likeness (QED) is 0.209. The summed E-state index contributed by atoms with van der Waals surface area (Å²) in [4.78, 5) is 47.8. The van der Waals surface area contributed by atoms with Crippen LogP contribution in [0.25, 0.3) is 55.4 Å². The molecule has 1 aromatic carbocycles. The second-order valence-electron chi connectivity index (χ2n) is 9.31. The van der Waals surface area contributed by atoms with Crippen molar-refractivity contribution in [3.8, 4) is 33.2 Å². The molecule has 7 rings (SSSR count). The number of aromatic amines is 2. The second-order valence-corrected chi connectivity index (χ2v) is 10.4. The van der Waals surface area contributed by atoms with Crippen LogP contribution in [0.5, 0.6) is 0 Å². The van der Waals surface area contributed by atoms with Gasteiger partial charge in [-0.05, 0) is 55.5 Å². The van der Waals surface area contributed by atoms with Crippen LogP contribution in [0.2, 0.25) is 0 Å². The highest BCUT2D eigenvalue weighted by atomic mass is 32.1. The lowest BCUT2D eigenvalue weighted by atomic mass is 10.1. The van der Waals surface area contributed by atoms with Crippen LogP contribution in [0.3, 0.4) is 0 Å². The van der Waals surface area contributed by atoms with E-state index in [1.807, 2.05) is 54.6 Å². The number of aromatic nitrogens is 7. The zero-order valence-electron chi connectivity index (χ0n) is 21.5. The van der Waals surface area contributed by atoms with Crippen LogP contribution in [-0.2, 0) is 0 Å². The summed E-state index contributed by atoms with van der Waals surface area (Å²) in [5, 5.41) is 10.4. The largest absolute Gasteiger partial charge is 0.321 e. The first-order valence-electron chi connectivity index (χ1n) is 12.7. The number of Topliss-reactive ketones (excluding diaryl/α,β-unsaturated/α-hetero) is 1. The first-order chi connectivity index (χ1) is 20.0. The van der Waals surface area contributed by atoms with Gasteiger partial charge in [0, 0.05) is 34.0 Å². The Kier molecular flexibility index (Phi) is 5.90. The Morgan fingerprint density at radius 1 is 0.927 bits per heavy atom. The molecule has 0 fully saturated rings. The smallest absolute Gasteiger partial charge is 0.255 e. The molecule has 0 radical (unpaired) electrons. The van der Waals surface area contributed by atoms with Gasteiger partial charge in [0.1, 0.15) is 11.0 Å². The molecule has 0 bridgehead atoms. The highest BCUT2D eigenvalue weighted by molar-refractivity contribution is 7.17. The fraction of sp³-hybridized carbons (Fsp3) is 0.0333. The van der Waals surface area contributed by atoms with Gasteiger partial charge in [0.05, 0.1) is 28.0 Å². The number of thiophene rings is 1. The van der Waals surface area contributed by atoms with Crippen molar-refractivity contribution in [2.45, 2.75) is 6.92 Å². The van der Waals surface area contributed by atoms with Crippen LogP contribution in [0, 0.1) is 0 Å². The molecule has 0 unspecified atom stereocenters. The lowest BCUT2D eigenvalue weighted by Crippen LogP contribution is -2.11. The summed E-state index contributed by atoms with van der Waals surface area (Å²) in [6, 6.07) is 20.2. The van der Waals surface area contributed by atoms with Crippen molar-refractivity contribution in [2.75, 3.05) is 5.32 Å². The van der Waals surface area contributed by atoms with Gasteiger partial charge in [-0.3, -0.25) is 19.7 Å². The standard InChI is InChI=1S/C30H20N8O2S/c1-16(39)23-9-10-24(41-23)20-11-12-32-28-25(20)35-29(36-28)27-26-22(37-38-27)8-7-21(34-26)18-13-19(15-31-14-18)33-30(40)17-5-3-2-4-6-17/h2-15H,1H3,(H,33,40)(H,37,38)(H,32,35,36). The van der Waals surface area contributed by atoms with Crippen molar-refractivity contribution in [1.29, 1.82) is 0 Å². The zero-order valence-corrected chi connectivity index (χ0v) is 22.4. The van der Waals surface area contributed by atoms with E-state index in [1.54, 1.807) is 37.6 Å². The molecule has 3 N–H and O–H groups in total. The predicted molar refractivity (Wildman–Crippen MR) is 158 cm³/mol. The Morgan fingerprint density at radius 2 is 1.80 bits per heavy atom. The molecule has 0 aliphatic rings. The zero-order chi connectivity index (χ0) is 27.9. The van der Waals surface area contributed by atoms with Crippen molar-refractivity contribution in [3.05, 3.63) is 95.8 Å². The number of H-pyrrole nitrogens is 2. The topological polar surface area (TPSA) is 142 Å². The van der Waals surface area contributed by atoms with Crippen LogP contribution in [0.15, 0.2) is 85.3 Å². The van der Waals surface area contributed by atoms with Crippen LogP contribution in [0.4, 0.5) is 5.69 Å². The molecular weight excluding hydrogens is 536 g/mol. The summed E-state index contributed by atoms with van der Waals surface area (Å²) in [6.45, 7) is 1.56. The first kappa shape index (κ1) is 24.5. The minimum absolute atomic E-state index is 0.0263. The van der Waals surface area contributed by atoms with Gasteiger partial charge in [-0.15, -0.1) is 11.3 Å². The minimum atomic E-state index is -0.219. The van der Waals surface area contributed by atoms with E-state index in [1.165, 1.54) is 11.3 Å². The summed E-state index contributed by atoms with van der Waals surface area (Å²) in [5.41, 5.74) is 6.58. The van der Waals surface area contributed by atoms with Gasteiger partial charge in [-0.2, -0.15) is 5.10 Å². The monoisotopic (exact) mass is 556 g/mol. The van der Waals surface area contributed by atoms with E-state index in [9.17, 15) is 9.59 Å². The number of imidazole rings is 1. The van der Waals surface area contributed by atoms with Gasteiger partial charge >= 0.3 is 0 Å². The lowest BCUT2D eigenvalue weighted by Gasteiger charge is -2.07. The normalized spacial score (nSPS) is 11.2. The molecule has 0 spiro atoms. The number of nitrogens with one attached hydrogen (secondary N) is 3. The molecule has 0 saturated heterocycles. The number of carbonyl (C=O) groups is 2. The maximum absolute atomic E-state index is 12.6. The second kappa shape index (κ2) is 9.88. The lowest BCUT2D eigenvalue weighted by molar-refractivity contribution is 0.101. The molecule has 198 valence electrons. The first-order valence-corrected chi connectivity index (χ1v) is 13.5. The maximum Gasteiger partial charge on any atom is 0.255 e. The summed E-state index contributed by atoms with van der Waals surface area (Å²) < 4.78 is 0. The number of amides is 1. The predicted octanol–water partition coefficient (Wildman–Crippen LogP) is 6.14. The SMILES string of the molecule is CC(=O)c1ccc(-c2ccnc3[nH]c(-c4n[nH]c5ccc(-c6cncc(NC(=O)c7ccccc7)c6)nc45)nc23)s1. The molecule has 1 amide bonds. The van der Waals surface area contributed by atoms with Gasteiger partial charge in [0.2, 0.25) is 0 Å². The van der Waals surface area contributed by atoms with E-state index in [0.717, 1.165) is 21.5 Å². The number of carbonyl (C=O) groups excluding carboxylic acids is 2. The fourth-order valence-electron chi connectivity index (χ4n) is 4.56. The van der Waals surface area contributed by atoms with Crippen LogP contribution in [-0.4, -0.2) is 46.8 Å². The molecule has 7 aromatic rings. The number of hydrogen-bond acceptors (Lipinski definition) is 8. The van der Waals surface area contributed by atoms with Gasteiger partial charge < -0.3 is 10.3 Å². The molecule has 11 heteroatoms. The number of nitrogens with zero attached hydrogens (tertiary/aromatic N) is 5. The Balaban J connectivity index is 1.24. The molecule has 6 heterocycles. The molecule has 0 aliphatic heterocycles. The Bertz CT molecular complexity index is 2090. The van der Waals surface area contributed by atoms with E-state index in [0.29, 0.717) is 50.0 Å². The van der Waals surface area contributed by atoms with Crippen LogP contribution < -0.4 is 5.32 Å². The van der Waals surface area contributed by atoms with Crippen molar-refractivity contribution < 1.29 is 9.59 Å². The number of hydrogen-bond donors (Lipinski definition) is 3. The summed E-state index contributed by atoms with van der Waals surface area (Å²) in [5.74, 6) is 0.322. The minimum Gasteiger partial charge on any atom is -0.321 e. The third-order valence-corrected chi connectivity index (χ3v) is 7.78. The number of pyridine rings is 3. The summed E-state index contributed by atoms with van der Waals surface area (Å²) in [6.07, 6.45) is 5.00. The van der Waals surface area contributed by atoms with Crippen molar-refractivity contribution in [2.24, 2.45) is 0 Å². The molecule has 6 aromatic heterocycles. The fourth-order valence-corrected chi connectivity index (χ4v) is 5.49. The summed E-state index contributed by atoms with van der Waals surface area (Å²) in [7, 11) is 0. The Labute approximate surface area is 236 Å². The molecular formula is C30H20N8O2S. The van der Waals surface area contributed by atoms with Crippen molar-refractivity contribution in [3.63, 3.8) is 0 Å². The van der Waals surface area contributed by atoms with Gasteiger partial charge in [-0.25, -0.2) is 15.0 Å². The highest BCUT2D eigenvalue weighted by Crippen LogP contribution is 2.34. The third kappa shape index (κ3) is 4.53. The molecule has 0 saturated carbocycles. The van der Waals surface area contributed by atoms with E-state index >= 15 is 0 Å². The number of benzene rings is 1. The number of rotatable bonds is 6. The Hall–Kier alpha value is -5.55. The van der Waals surface area contributed by atoms with E-state index in [2.05, 4.69) is 30.5 Å². The number of ketones is 1.